The maximum Gasteiger partial charge on any atom is 0.191 e. The van der Waals surface area contributed by atoms with Crippen LogP contribution in [0.3, 0.4) is 0 Å². The van der Waals surface area contributed by atoms with Gasteiger partial charge in [-0.05, 0) is 31.2 Å². The van der Waals surface area contributed by atoms with E-state index in [2.05, 4.69) is 15.6 Å². The van der Waals surface area contributed by atoms with Gasteiger partial charge < -0.3 is 15.1 Å². The average molecular weight is 467 g/mol. The Morgan fingerprint density at radius 3 is 2.71 bits per heavy atom. The molecule has 2 aliphatic rings. The van der Waals surface area contributed by atoms with Gasteiger partial charge in [0.15, 0.2) is 15.8 Å². The number of hydrogen-bond donors (Lipinski definition) is 2. The molecule has 2 heterocycles. The lowest BCUT2D eigenvalue weighted by Gasteiger charge is -2.19. The fourth-order valence-corrected chi connectivity index (χ4v) is 5.10. The maximum absolute atomic E-state index is 11.6. The number of sulfone groups is 1. The minimum Gasteiger partial charge on any atom is -0.472 e. The second kappa shape index (κ2) is 9.07. The molecule has 136 valence electrons. The highest BCUT2D eigenvalue weighted by molar-refractivity contribution is 14.0. The van der Waals surface area contributed by atoms with Gasteiger partial charge in [-0.2, -0.15) is 0 Å². The van der Waals surface area contributed by atoms with E-state index in [4.69, 9.17) is 4.42 Å². The Kier molecular flexibility index (Phi) is 7.39. The molecule has 3 rings (SSSR count). The van der Waals surface area contributed by atoms with Crippen LogP contribution in [0.1, 0.15) is 37.7 Å². The van der Waals surface area contributed by atoms with Crippen LogP contribution in [0.4, 0.5) is 0 Å². The molecule has 6 nitrogen and oxygen atoms in total. The lowest BCUT2D eigenvalue weighted by atomic mass is 10.1. The molecule has 24 heavy (non-hydrogen) atoms. The number of halogens is 1. The number of furan rings is 1. The SMILES string of the molecule is I.O=S1(=O)CCC(CNC(=NCc2ccoc2)NC2CCCC2)C1. The van der Waals surface area contributed by atoms with Gasteiger partial charge in [0.2, 0.25) is 0 Å². The summed E-state index contributed by atoms with van der Waals surface area (Å²) in [6.07, 6.45) is 8.94. The first-order valence-electron chi connectivity index (χ1n) is 8.37. The highest BCUT2D eigenvalue weighted by atomic mass is 127. The fourth-order valence-electron chi connectivity index (χ4n) is 3.24. The molecule has 1 saturated carbocycles. The summed E-state index contributed by atoms with van der Waals surface area (Å²) >= 11 is 0. The molecule has 0 spiro atoms. The van der Waals surface area contributed by atoms with E-state index in [1.165, 1.54) is 25.7 Å². The Morgan fingerprint density at radius 1 is 1.29 bits per heavy atom. The van der Waals surface area contributed by atoms with E-state index in [1.54, 1.807) is 12.5 Å². The molecule has 1 aromatic rings. The van der Waals surface area contributed by atoms with Crippen molar-refractivity contribution in [1.82, 2.24) is 10.6 Å². The second-order valence-corrected chi connectivity index (χ2v) is 8.80. The van der Waals surface area contributed by atoms with Crippen molar-refractivity contribution < 1.29 is 12.8 Å². The van der Waals surface area contributed by atoms with E-state index >= 15 is 0 Å². The third-order valence-electron chi connectivity index (χ3n) is 4.58. The Labute approximate surface area is 160 Å². The zero-order chi connectivity index (χ0) is 16.1. The summed E-state index contributed by atoms with van der Waals surface area (Å²) < 4.78 is 28.2. The first-order valence-corrected chi connectivity index (χ1v) is 10.2. The third-order valence-corrected chi connectivity index (χ3v) is 6.42. The third kappa shape index (κ3) is 5.94. The van der Waals surface area contributed by atoms with Crippen LogP contribution in [0.15, 0.2) is 28.0 Å². The van der Waals surface area contributed by atoms with Crippen LogP contribution < -0.4 is 10.6 Å². The molecule has 1 unspecified atom stereocenters. The van der Waals surface area contributed by atoms with Crippen molar-refractivity contribution in [3.8, 4) is 0 Å². The monoisotopic (exact) mass is 467 g/mol. The van der Waals surface area contributed by atoms with Crippen LogP contribution in [-0.4, -0.2) is 38.5 Å². The van der Waals surface area contributed by atoms with Crippen molar-refractivity contribution in [3.05, 3.63) is 24.2 Å². The summed E-state index contributed by atoms with van der Waals surface area (Å²) in [5.41, 5.74) is 1.03. The van der Waals surface area contributed by atoms with Crippen LogP contribution in [0.25, 0.3) is 0 Å². The number of nitrogens with one attached hydrogen (secondary N) is 2. The van der Waals surface area contributed by atoms with E-state index in [0.29, 0.717) is 30.6 Å². The zero-order valence-corrected chi connectivity index (χ0v) is 16.9. The van der Waals surface area contributed by atoms with E-state index in [0.717, 1.165) is 17.9 Å². The van der Waals surface area contributed by atoms with Crippen LogP contribution in [0.5, 0.6) is 0 Å². The van der Waals surface area contributed by atoms with E-state index in [1.807, 2.05) is 6.07 Å². The van der Waals surface area contributed by atoms with Crippen molar-refractivity contribution in [2.75, 3.05) is 18.1 Å². The van der Waals surface area contributed by atoms with Gasteiger partial charge in [-0.25, -0.2) is 13.4 Å². The molecule has 1 atom stereocenters. The smallest absolute Gasteiger partial charge is 0.191 e. The summed E-state index contributed by atoms with van der Waals surface area (Å²) in [6.45, 7) is 1.21. The Hall–Kier alpha value is -0.770. The van der Waals surface area contributed by atoms with Crippen LogP contribution >= 0.6 is 24.0 Å². The van der Waals surface area contributed by atoms with Gasteiger partial charge in [-0.1, -0.05) is 12.8 Å². The molecule has 2 N–H and O–H groups in total. The number of nitrogens with zero attached hydrogens (tertiary/aromatic N) is 1. The van der Waals surface area contributed by atoms with Gasteiger partial charge in [0.25, 0.3) is 0 Å². The summed E-state index contributed by atoms with van der Waals surface area (Å²) in [5.74, 6) is 1.57. The molecule has 0 radical (unpaired) electrons. The van der Waals surface area contributed by atoms with Gasteiger partial charge in [-0.15, -0.1) is 24.0 Å². The van der Waals surface area contributed by atoms with Gasteiger partial charge in [-0.3, -0.25) is 0 Å². The molecular weight excluding hydrogens is 441 g/mol. The topological polar surface area (TPSA) is 83.7 Å². The Bertz CT molecular complexity index is 625. The molecule has 8 heteroatoms. The Morgan fingerprint density at radius 2 is 2.08 bits per heavy atom. The van der Waals surface area contributed by atoms with Crippen molar-refractivity contribution in [2.24, 2.45) is 10.9 Å². The minimum absolute atomic E-state index is 0. The predicted molar refractivity (Wildman–Crippen MR) is 105 cm³/mol. The van der Waals surface area contributed by atoms with Crippen LogP contribution in [0, 0.1) is 5.92 Å². The van der Waals surface area contributed by atoms with Gasteiger partial charge in [0.1, 0.15) is 0 Å². The van der Waals surface area contributed by atoms with Gasteiger partial charge in [0.05, 0.1) is 30.6 Å². The molecule has 2 fully saturated rings. The number of rotatable bonds is 5. The summed E-state index contributed by atoms with van der Waals surface area (Å²) in [7, 11) is -2.83. The minimum atomic E-state index is -2.83. The number of hydrogen-bond acceptors (Lipinski definition) is 4. The quantitative estimate of drug-likeness (QED) is 0.395. The summed E-state index contributed by atoms with van der Waals surface area (Å²) in [5, 5.41) is 6.81. The highest BCUT2D eigenvalue weighted by Crippen LogP contribution is 2.19. The Balaban J connectivity index is 0.00000208. The van der Waals surface area contributed by atoms with Crippen molar-refractivity contribution >= 4 is 39.8 Å². The lowest BCUT2D eigenvalue weighted by Crippen LogP contribution is -2.44. The predicted octanol–water partition coefficient (Wildman–Crippen LogP) is 2.31. The molecule has 0 amide bonds. The molecule has 0 bridgehead atoms. The fraction of sp³-hybridized carbons (Fsp3) is 0.688. The van der Waals surface area contributed by atoms with Crippen LogP contribution in [0.2, 0.25) is 0 Å². The first-order chi connectivity index (χ1) is 11.1. The van der Waals surface area contributed by atoms with Crippen molar-refractivity contribution in [3.63, 3.8) is 0 Å². The lowest BCUT2D eigenvalue weighted by molar-refractivity contribution is 0.552. The van der Waals surface area contributed by atoms with E-state index in [-0.39, 0.29) is 29.9 Å². The number of guanidine groups is 1. The van der Waals surface area contributed by atoms with E-state index in [9.17, 15) is 8.42 Å². The molecular formula is C16H26IN3O3S. The maximum atomic E-state index is 11.6. The first kappa shape index (κ1) is 19.6. The summed E-state index contributed by atoms with van der Waals surface area (Å²) in [4.78, 5) is 4.61. The molecule has 0 aromatic carbocycles. The zero-order valence-electron chi connectivity index (χ0n) is 13.7. The van der Waals surface area contributed by atoms with E-state index < -0.39 is 9.84 Å². The van der Waals surface area contributed by atoms with Crippen molar-refractivity contribution in [2.45, 2.75) is 44.7 Å². The normalized spacial score (nSPS) is 23.8. The van der Waals surface area contributed by atoms with Crippen LogP contribution in [-0.2, 0) is 16.4 Å². The van der Waals surface area contributed by atoms with Gasteiger partial charge in [0, 0.05) is 18.2 Å². The van der Waals surface area contributed by atoms with Crippen molar-refractivity contribution in [1.29, 1.82) is 0 Å². The molecule has 1 aliphatic heterocycles. The number of aliphatic imine (C=N–C) groups is 1. The molecule has 1 saturated heterocycles. The summed E-state index contributed by atoms with van der Waals surface area (Å²) in [6, 6.07) is 2.37. The van der Waals surface area contributed by atoms with Gasteiger partial charge >= 0.3 is 0 Å². The molecule has 1 aliphatic carbocycles. The largest absolute Gasteiger partial charge is 0.472 e. The standard InChI is InChI=1S/C16H25N3O3S.HI/c20-23(21)8-6-14(12-23)10-18-16(19-15-3-1-2-4-15)17-9-13-5-7-22-11-13;/h5,7,11,14-15H,1-4,6,8-10,12H2,(H2,17,18,19);1H. The average Bonchev–Trinajstić information content (AvgIpc) is 3.24. The molecule has 1 aromatic heterocycles. The highest BCUT2D eigenvalue weighted by Gasteiger charge is 2.28. The second-order valence-electron chi connectivity index (χ2n) is 6.57.